The van der Waals surface area contributed by atoms with Crippen LogP contribution in [0.2, 0.25) is 0 Å². The molecular formula is C15H22N6O2. The monoisotopic (exact) mass is 318 g/mol. The number of nitrogens with one attached hydrogen (secondary N) is 1. The highest BCUT2D eigenvalue weighted by Gasteiger charge is 2.33. The first kappa shape index (κ1) is 15.7. The van der Waals surface area contributed by atoms with Crippen LogP contribution in [-0.4, -0.2) is 63.2 Å². The fourth-order valence-corrected chi connectivity index (χ4v) is 2.93. The van der Waals surface area contributed by atoms with Gasteiger partial charge in [-0.05, 0) is 19.2 Å². The van der Waals surface area contributed by atoms with Gasteiger partial charge in [0.1, 0.15) is 6.54 Å². The summed E-state index contributed by atoms with van der Waals surface area (Å²) in [6.07, 6.45) is 5.10. The van der Waals surface area contributed by atoms with Crippen LogP contribution in [0.1, 0.15) is 11.7 Å². The highest BCUT2D eigenvalue weighted by molar-refractivity contribution is 5.75. The van der Waals surface area contributed by atoms with Gasteiger partial charge in [-0.25, -0.2) is 0 Å². The number of rotatable bonds is 5. The lowest BCUT2D eigenvalue weighted by atomic mass is 10.0. The molecule has 3 heterocycles. The summed E-state index contributed by atoms with van der Waals surface area (Å²) < 4.78 is 9.36. The standard InChI is InChI=1S/C15H22N6O2/c1-19-8-9-23-13(15(19)12-4-6-17-20(12)2)10-16-14(22)11-21-7-3-5-18-21/h3-7,13,15H,8-11H2,1-2H3,(H,16,22)/t13-,15-/m0/s1. The number of hydrogen-bond donors (Lipinski definition) is 1. The number of aryl methyl sites for hydroxylation is 1. The van der Waals surface area contributed by atoms with Crippen LogP contribution in [0.5, 0.6) is 0 Å². The van der Waals surface area contributed by atoms with E-state index >= 15 is 0 Å². The van der Waals surface area contributed by atoms with Gasteiger partial charge >= 0.3 is 0 Å². The molecule has 0 unspecified atom stereocenters. The molecule has 23 heavy (non-hydrogen) atoms. The fourth-order valence-electron chi connectivity index (χ4n) is 2.93. The van der Waals surface area contributed by atoms with Gasteiger partial charge in [-0.15, -0.1) is 0 Å². The quantitative estimate of drug-likeness (QED) is 0.826. The zero-order valence-electron chi connectivity index (χ0n) is 13.4. The van der Waals surface area contributed by atoms with Gasteiger partial charge in [-0.2, -0.15) is 10.2 Å². The van der Waals surface area contributed by atoms with Crippen molar-refractivity contribution in [2.24, 2.45) is 7.05 Å². The zero-order chi connectivity index (χ0) is 16.2. The first-order valence-corrected chi connectivity index (χ1v) is 7.69. The van der Waals surface area contributed by atoms with Crippen LogP contribution in [0.3, 0.4) is 0 Å². The number of likely N-dealkylation sites (N-methyl/N-ethyl adjacent to an activating group) is 1. The normalized spacial score (nSPS) is 22.2. The molecule has 0 bridgehead atoms. The molecule has 0 aromatic carbocycles. The van der Waals surface area contributed by atoms with Crippen molar-refractivity contribution in [3.05, 3.63) is 36.4 Å². The number of nitrogens with zero attached hydrogens (tertiary/aromatic N) is 5. The molecule has 0 aliphatic carbocycles. The average molecular weight is 318 g/mol. The average Bonchev–Trinajstić information content (AvgIpc) is 3.17. The highest BCUT2D eigenvalue weighted by atomic mass is 16.5. The molecule has 1 aliphatic heterocycles. The summed E-state index contributed by atoms with van der Waals surface area (Å²) in [7, 11) is 3.99. The van der Waals surface area contributed by atoms with Gasteiger partial charge in [0.25, 0.3) is 0 Å². The SMILES string of the molecule is CN1CCO[C@@H](CNC(=O)Cn2cccn2)[C@@H]1c1ccnn1C. The number of hydrogen-bond acceptors (Lipinski definition) is 5. The minimum absolute atomic E-state index is 0.0706. The molecule has 124 valence electrons. The Balaban J connectivity index is 1.62. The predicted molar refractivity (Wildman–Crippen MR) is 83.6 cm³/mol. The molecule has 8 heteroatoms. The molecule has 0 radical (unpaired) electrons. The summed E-state index contributed by atoms with van der Waals surface area (Å²) in [5.41, 5.74) is 1.08. The van der Waals surface area contributed by atoms with Crippen molar-refractivity contribution >= 4 is 5.91 Å². The number of carbonyl (C=O) groups excluding carboxylic acids is 1. The largest absolute Gasteiger partial charge is 0.373 e. The minimum Gasteiger partial charge on any atom is -0.373 e. The molecule has 1 saturated heterocycles. The van der Waals surface area contributed by atoms with Crippen LogP contribution >= 0.6 is 0 Å². The van der Waals surface area contributed by atoms with Crippen LogP contribution in [-0.2, 0) is 23.1 Å². The fraction of sp³-hybridized carbons (Fsp3) is 0.533. The van der Waals surface area contributed by atoms with Crippen LogP contribution in [0, 0.1) is 0 Å². The molecule has 1 fully saturated rings. The van der Waals surface area contributed by atoms with E-state index in [1.165, 1.54) is 0 Å². The van der Waals surface area contributed by atoms with E-state index in [-0.39, 0.29) is 24.6 Å². The Labute approximate surface area is 135 Å². The van der Waals surface area contributed by atoms with E-state index in [0.29, 0.717) is 13.2 Å². The Bertz CT molecular complexity index is 638. The Kier molecular flexibility index (Phi) is 4.73. The molecule has 1 amide bonds. The van der Waals surface area contributed by atoms with Crippen molar-refractivity contribution in [3.8, 4) is 0 Å². The predicted octanol–water partition coefficient (Wildman–Crippen LogP) is -0.195. The first-order chi connectivity index (χ1) is 11.1. The lowest BCUT2D eigenvalue weighted by Gasteiger charge is -2.39. The number of morpholine rings is 1. The molecule has 0 spiro atoms. The summed E-state index contributed by atoms with van der Waals surface area (Å²) in [6, 6.07) is 3.86. The summed E-state index contributed by atoms with van der Waals surface area (Å²) in [4.78, 5) is 14.3. The van der Waals surface area contributed by atoms with E-state index in [4.69, 9.17) is 4.74 Å². The van der Waals surface area contributed by atoms with Crippen molar-refractivity contribution < 1.29 is 9.53 Å². The van der Waals surface area contributed by atoms with Crippen molar-refractivity contribution in [2.45, 2.75) is 18.7 Å². The summed E-state index contributed by atoms with van der Waals surface area (Å²) in [5.74, 6) is -0.0747. The van der Waals surface area contributed by atoms with E-state index in [1.54, 1.807) is 29.3 Å². The Hall–Kier alpha value is -2.19. The van der Waals surface area contributed by atoms with Crippen LogP contribution in [0.15, 0.2) is 30.7 Å². The lowest BCUT2D eigenvalue weighted by molar-refractivity contribution is -0.124. The van der Waals surface area contributed by atoms with Crippen LogP contribution < -0.4 is 5.32 Å². The Morgan fingerprint density at radius 2 is 2.26 bits per heavy atom. The van der Waals surface area contributed by atoms with Gasteiger partial charge in [-0.3, -0.25) is 19.1 Å². The number of carbonyl (C=O) groups is 1. The maximum atomic E-state index is 12.0. The Morgan fingerprint density at radius 1 is 1.39 bits per heavy atom. The second kappa shape index (κ2) is 6.93. The van der Waals surface area contributed by atoms with Gasteiger partial charge in [0.05, 0.1) is 24.4 Å². The highest BCUT2D eigenvalue weighted by Crippen LogP contribution is 2.27. The molecule has 1 aliphatic rings. The van der Waals surface area contributed by atoms with Crippen molar-refractivity contribution in [2.75, 3.05) is 26.7 Å². The van der Waals surface area contributed by atoms with Gasteiger partial charge in [0.15, 0.2) is 0 Å². The maximum Gasteiger partial charge on any atom is 0.241 e. The molecule has 2 aromatic heterocycles. The van der Waals surface area contributed by atoms with Crippen molar-refractivity contribution in [3.63, 3.8) is 0 Å². The number of ether oxygens (including phenoxy) is 1. The summed E-state index contributed by atoms with van der Waals surface area (Å²) >= 11 is 0. The zero-order valence-corrected chi connectivity index (χ0v) is 13.4. The third kappa shape index (κ3) is 3.59. The van der Waals surface area contributed by atoms with Crippen molar-refractivity contribution in [1.29, 1.82) is 0 Å². The van der Waals surface area contributed by atoms with E-state index < -0.39 is 0 Å². The van der Waals surface area contributed by atoms with E-state index in [1.807, 2.05) is 17.8 Å². The number of amides is 1. The maximum absolute atomic E-state index is 12.0. The lowest BCUT2D eigenvalue weighted by Crippen LogP contribution is -2.49. The molecule has 1 N–H and O–H groups in total. The number of aromatic nitrogens is 4. The smallest absolute Gasteiger partial charge is 0.241 e. The van der Waals surface area contributed by atoms with E-state index in [2.05, 4.69) is 27.5 Å². The molecular weight excluding hydrogens is 296 g/mol. The summed E-state index contributed by atoms with van der Waals surface area (Å²) in [5, 5.41) is 11.2. The topological polar surface area (TPSA) is 77.2 Å². The van der Waals surface area contributed by atoms with Crippen molar-refractivity contribution in [1.82, 2.24) is 29.8 Å². The molecule has 0 saturated carbocycles. The second-order valence-electron chi connectivity index (χ2n) is 5.72. The molecule has 3 rings (SSSR count). The van der Waals surface area contributed by atoms with Crippen LogP contribution in [0.4, 0.5) is 0 Å². The van der Waals surface area contributed by atoms with Crippen LogP contribution in [0.25, 0.3) is 0 Å². The summed E-state index contributed by atoms with van der Waals surface area (Å²) in [6.45, 7) is 2.18. The third-order valence-electron chi connectivity index (χ3n) is 4.13. The van der Waals surface area contributed by atoms with E-state index in [0.717, 1.165) is 12.2 Å². The van der Waals surface area contributed by atoms with Gasteiger partial charge in [-0.1, -0.05) is 0 Å². The third-order valence-corrected chi connectivity index (χ3v) is 4.13. The van der Waals surface area contributed by atoms with E-state index in [9.17, 15) is 4.79 Å². The molecule has 2 aromatic rings. The van der Waals surface area contributed by atoms with Gasteiger partial charge < -0.3 is 10.1 Å². The molecule has 8 nitrogen and oxygen atoms in total. The van der Waals surface area contributed by atoms with Gasteiger partial charge in [0, 0.05) is 38.7 Å². The van der Waals surface area contributed by atoms with Gasteiger partial charge in [0.2, 0.25) is 5.91 Å². The Morgan fingerprint density at radius 3 is 2.96 bits per heavy atom. The first-order valence-electron chi connectivity index (χ1n) is 7.69. The second-order valence-corrected chi connectivity index (χ2v) is 5.72. The minimum atomic E-state index is -0.106. The molecule has 2 atom stereocenters.